The van der Waals surface area contributed by atoms with Gasteiger partial charge in [0.05, 0.1) is 12.4 Å². The predicted molar refractivity (Wildman–Crippen MR) is 37.7 cm³/mol. The Morgan fingerprint density at radius 1 is 1.45 bits per heavy atom. The second-order valence-corrected chi connectivity index (χ2v) is 1.35. The number of hydrogen-bond acceptors (Lipinski definition) is 4. The van der Waals surface area contributed by atoms with Crippen LogP contribution in [0.1, 0.15) is 0 Å². The average Bonchev–Trinajstić information content (AvgIpc) is 2.09. The van der Waals surface area contributed by atoms with Crippen LogP contribution in [0.15, 0.2) is 31.1 Å². The van der Waals surface area contributed by atoms with Gasteiger partial charge in [-0.25, -0.2) is 4.79 Å². The minimum absolute atomic E-state index is 0.833. The van der Waals surface area contributed by atoms with Gasteiger partial charge in [0, 0.05) is 6.08 Å². The molecule has 1 N–H and O–H groups in total. The first-order chi connectivity index (χ1) is 5.27. The Hall–Kier alpha value is -1.78. The van der Waals surface area contributed by atoms with Crippen LogP contribution < -0.4 is 0 Å². The van der Waals surface area contributed by atoms with Crippen molar-refractivity contribution >= 4 is 5.97 Å². The lowest BCUT2D eigenvalue weighted by Crippen LogP contribution is -1.82. The maximum atomic E-state index is 9.25. The second kappa shape index (κ2) is 6.34. The van der Waals surface area contributed by atoms with Crippen LogP contribution in [0.2, 0.25) is 0 Å². The Labute approximate surface area is 63.4 Å². The summed E-state index contributed by atoms with van der Waals surface area (Å²) in [5.74, 6) is -0.981. The predicted octanol–water partition coefficient (Wildman–Crippen LogP) is 0.129. The molecular weight excluding hydrogens is 146 g/mol. The third-order valence-electron chi connectivity index (χ3n) is 0.583. The summed E-state index contributed by atoms with van der Waals surface area (Å²) < 4.78 is 0. The van der Waals surface area contributed by atoms with Crippen molar-refractivity contribution in [2.24, 2.45) is 0 Å². The van der Waals surface area contributed by atoms with Gasteiger partial charge in [0.25, 0.3) is 0 Å². The van der Waals surface area contributed by atoms with Gasteiger partial charge in [0.1, 0.15) is 0 Å². The van der Waals surface area contributed by atoms with Gasteiger partial charge in [-0.15, -0.1) is 10.2 Å². The molecule has 0 saturated heterocycles. The molecule has 0 aliphatic rings. The van der Waals surface area contributed by atoms with Gasteiger partial charge in [-0.2, -0.15) is 0 Å². The van der Waals surface area contributed by atoms with Gasteiger partial charge in [0.15, 0.2) is 0 Å². The van der Waals surface area contributed by atoms with Crippen molar-refractivity contribution in [1.82, 2.24) is 15.4 Å². The topological polar surface area (TPSA) is 76.0 Å². The molecule has 11 heavy (non-hydrogen) atoms. The summed E-state index contributed by atoms with van der Waals surface area (Å²) >= 11 is 0. The Balaban J connectivity index is 0.000000187. The van der Waals surface area contributed by atoms with Gasteiger partial charge < -0.3 is 5.11 Å². The maximum Gasteiger partial charge on any atom is 0.327 e. The van der Waals surface area contributed by atoms with E-state index in [9.17, 15) is 4.79 Å². The fraction of sp³-hybridized carbons (Fsp3) is 0. The zero-order chi connectivity index (χ0) is 8.53. The molecular formula is C6H7N3O2. The van der Waals surface area contributed by atoms with E-state index in [2.05, 4.69) is 22.0 Å². The van der Waals surface area contributed by atoms with Gasteiger partial charge in [-0.1, -0.05) is 6.58 Å². The van der Waals surface area contributed by atoms with E-state index in [4.69, 9.17) is 5.11 Å². The molecule has 1 heterocycles. The first-order valence-electron chi connectivity index (χ1n) is 2.71. The van der Waals surface area contributed by atoms with E-state index in [0.29, 0.717) is 0 Å². The van der Waals surface area contributed by atoms with Gasteiger partial charge in [0.2, 0.25) is 0 Å². The van der Waals surface area contributed by atoms with E-state index in [1.54, 1.807) is 18.5 Å². The number of carboxylic acid groups (broad SMARTS) is 1. The van der Waals surface area contributed by atoms with Crippen LogP contribution in [0.5, 0.6) is 0 Å². The Morgan fingerprint density at radius 2 is 1.91 bits per heavy atom. The second-order valence-electron chi connectivity index (χ2n) is 1.35. The highest BCUT2D eigenvalue weighted by Gasteiger charge is 1.73. The van der Waals surface area contributed by atoms with Crippen LogP contribution in [0.3, 0.4) is 0 Å². The fourth-order valence-electron chi connectivity index (χ4n) is 0.205. The molecule has 0 radical (unpaired) electrons. The van der Waals surface area contributed by atoms with Gasteiger partial charge in [-0.3, -0.25) is 0 Å². The van der Waals surface area contributed by atoms with Gasteiger partial charge in [-0.05, 0) is 11.3 Å². The molecule has 0 aromatic carbocycles. The first-order valence-corrected chi connectivity index (χ1v) is 2.71. The maximum absolute atomic E-state index is 9.25. The molecule has 1 aromatic heterocycles. The molecule has 5 nitrogen and oxygen atoms in total. The zero-order valence-electron chi connectivity index (χ0n) is 5.71. The lowest BCUT2D eigenvalue weighted by atomic mass is 10.7. The monoisotopic (exact) mass is 153 g/mol. The molecule has 0 aliphatic carbocycles. The number of carboxylic acids is 1. The number of carbonyl (C=O) groups is 1. The van der Waals surface area contributed by atoms with Crippen LogP contribution in [-0.4, -0.2) is 26.5 Å². The van der Waals surface area contributed by atoms with Crippen LogP contribution in [-0.2, 0) is 4.79 Å². The Morgan fingerprint density at radius 3 is 2.00 bits per heavy atom. The van der Waals surface area contributed by atoms with Crippen molar-refractivity contribution in [3.8, 4) is 0 Å². The van der Waals surface area contributed by atoms with E-state index in [-0.39, 0.29) is 0 Å². The van der Waals surface area contributed by atoms with Crippen LogP contribution >= 0.6 is 0 Å². The first kappa shape index (κ1) is 9.22. The van der Waals surface area contributed by atoms with E-state index in [0.717, 1.165) is 6.08 Å². The summed E-state index contributed by atoms with van der Waals surface area (Å²) in [7, 11) is 0. The minimum atomic E-state index is -0.981. The van der Waals surface area contributed by atoms with Crippen LogP contribution in [0.4, 0.5) is 0 Å². The highest BCUT2D eigenvalue weighted by Crippen LogP contribution is 1.61. The van der Waals surface area contributed by atoms with Crippen molar-refractivity contribution in [1.29, 1.82) is 0 Å². The van der Waals surface area contributed by atoms with E-state index < -0.39 is 5.97 Å². The molecule has 58 valence electrons. The molecule has 0 bridgehead atoms. The number of nitrogens with zero attached hydrogens (tertiary/aromatic N) is 3. The van der Waals surface area contributed by atoms with E-state index in [1.807, 2.05) is 0 Å². The van der Waals surface area contributed by atoms with E-state index >= 15 is 0 Å². The Kier molecular flexibility index (Phi) is 5.32. The quantitative estimate of drug-likeness (QED) is 0.580. The number of rotatable bonds is 1. The molecule has 0 unspecified atom stereocenters. The number of hydrogen-bond donors (Lipinski definition) is 1. The standard InChI is InChI=1S/C3H3N3.C3H4O2/c1-2-4-6-5-3-1;1-2-3(4)5/h1-3H;2H,1H2,(H,4,5). The molecule has 0 amide bonds. The van der Waals surface area contributed by atoms with Gasteiger partial charge >= 0.3 is 5.97 Å². The highest BCUT2D eigenvalue weighted by atomic mass is 16.4. The summed E-state index contributed by atoms with van der Waals surface area (Å²) in [6.07, 6.45) is 3.99. The molecule has 0 fully saturated rings. The molecule has 0 atom stereocenters. The van der Waals surface area contributed by atoms with Crippen molar-refractivity contribution in [2.75, 3.05) is 0 Å². The SMILES string of the molecule is C=CC(=O)O.c1cnnnc1. The summed E-state index contributed by atoms with van der Waals surface area (Å²) in [6.45, 7) is 2.96. The van der Waals surface area contributed by atoms with Crippen LogP contribution in [0, 0.1) is 0 Å². The van der Waals surface area contributed by atoms with Crippen molar-refractivity contribution in [2.45, 2.75) is 0 Å². The molecule has 0 aliphatic heterocycles. The third-order valence-corrected chi connectivity index (χ3v) is 0.583. The summed E-state index contributed by atoms with van der Waals surface area (Å²) in [5.41, 5.74) is 0. The molecule has 0 saturated carbocycles. The van der Waals surface area contributed by atoms with Crippen molar-refractivity contribution < 1.29 is 9.90 Å². The lowest BCUT2D eigenvalue weighted by Gasteiger charge is -1.68. The molecule has 1 rings (SSSR count). The third kappa shape index (κ3) is 8.22. The fourth-order valence-corrected chi connectivity index (χ4v) is 0.205. The number of aromatic nitrogens is 3. The summed E-state index contributed by atoms with van der Waals surface area (Å²) in [4.78, 5) is 9.25. The zero-order valence-corrected chi connectivity index (χ0v) is 5.71. The molecule has 0 spiro atoms. The Bertz CT molecular complexity index is 186. The normalized spacial score (nSPS) is 7.27. The molecule has 1 aromatic rings. The smallest absolute Gasteiger partial charge is 0.327 e. The molecule has 5 heteroatoms. The van der Waals surface area contributed by atoms with Crippen LogP contribution in [0.25, 0.3) is 0 Å². The van der Waals surface area contributed by atoms with Crippen molar-refractivity contribution in [3.63, 3.8) is 0 Å². The van der Waals surface area contributed by atoms with E-state index in [1.165, 1.54) is 0 Å². The largest absolute Gasteiger partial charge is 0.478 e. The average molecular weight is 153 g/mol. The summed E-state index contributed by atoms with van der Waals surface area (Å²) in [5, 5.41) is 17.7. The number of aliphatic carboxylic acids is 1. The minimum Gasteiger partial charge on any atom is -0.478 e. The lowest BCUT2D eigenvalue weighted by molar-refractivity contribution is -0.131. The highest BCUT2D eigenvalue weighted by molar-refractivity contribution is 5.78. The summed E-state index contributed by atoms with van der Waals surface area (Å²) in [6, 6.07) is 1.72. The van der Waals surface area contributed by atoms with Crippen molar-refractivity contribution in [3.05, 3.63) is 31.1 Å².